The fourth-order valence-corrected chi connectivity index (χ4v) is 2.37. The Morgan fingerprint density at radius 1 is 1.27 bits per heavy atom. The summed E-state index contributed by atoms with van der Waals surface area (Å²) in [6.45, 7) is 4.43. The zero-order valence-corrected chi connectivity index (χ0v) is 12.6. The molecule has 0 amide bonds. The van der Waals surface area contributed by atoms with Gasteiger partial charge in [-0.3, -0.25) is 9.78 Å². The van der Waals surface area contributed by atoms with Crippen LogP contribution in [0.4, 0.5) is 0 Å². The van der Waals surface area contributed by atoms with E-state index in [9.17, 15) is 4.79 Å². The van der Waals surface area contributed by atoms with Crippen molar-refractivity contribution in [3.63, 3.8) is 0 Å². The van der Waals surface area contributed by atoms with Gasteiger partial charge in [-0.05, 0) is 32.0 Å². The van der Waals surface area contributed by atoms with Gasteiger partial charge >= 0.3 is 0 Å². The van der Waals surface area contributed by atoms with Crippen molar-refractivity contribution < 1.29 is 9.53 Å². The SMILES string of the molecule is CCOc1ccnc(CC(=O)c2nc3ccccc3[nH]2)c1C. The topological polar surface area (TPSA) is 67.9 Å². The molecule has 0 radical (unpaired) electrons. The normalized spacial score (nSPS) is 10.8. The minimum absolute atomic E-state index is 0.0829. The van der Waals surface area contributed by atoms with Gasteiger partial charge in [-0.25, -0.2) is 4.98 Å². The van der Waals surface area contributed by atoms with Crippen molar-refractivity contribution in [1.82, 2.24) is 15.0 Å². The van der Waals surface area contributed by atoms with Gasteiger partial charge in [-0.2, -0.15) is 0 Å². The number of carbonyl (C=O) groups excluding carboxylic acids is 1. The van der Waals surface area contributed by atoms with Gasteiger partial charge in [0.05, 0.1) is 29.8 Å². The van der Waals surface area contributed by atoms with Crippen LogP contribution in [-0.2, 0) is 6.42 Å². The van der Waals surface area contributed by atoms with Crippen LogP contribution >= 0.6 is 0 Å². The van der Waals surface area contributed by atoms with Crippen LogP contribution in [0.15, 0.2) is 36.5 Å². The Kier molecular flexibility index (Phi) is 3.87. The molecule has 0 saturated carbocycles. The van der Waals surface area contributed by atoms with Gasteiger partial charge in [0, 0.05) is 11.8 Å². The van der Waals surface area contributed by atoms with Crippen LogP contribution in [0.3, 0.4) is 0 Å². The third-order valence-corrected chi connectivity index (χ3v) is 3.54. The van der Waals surface area contributed by atoms with E-state index in [1.165, 1.54) is 0 Å². The number of hydrogen-bond acceptors (Lipinski definition) is 4. The lowest BCUT2D eigenvalue weighted by Gasteiger charge is -2.09. The number of ketones is 1. The van der Waals surface area contributed by atoms with E-state index in [4.69, 9.17) is 4.74 Å². The van der Waals surface area contributed by atoms with E-state index in [2.05, 4.69) is 15.0 Å². The maximum Gasteiger partial charge on any atom is 0.204 e. The van der Waals surface area contributed by atoms with E-state index in [1.54, 1.807) is 6.20 Å². The summed E-state index contributed by atoms with van der Waals surface area (Å²) in [6, 6.07) is 9.40. The number of hydrogen-bond donors (Lipinski definition) is 1. The zero-order chi connectivity index (χ0) is 15.5. The Labute approximate surface area is 128 Å². The maximum absolute atomic E-state index is 12.4. The van der Waals surface area contributed by atoms with Gasteiger partial charge in [0.15, 0.2) is 5.82 Å². The molecule has 0 spiro atoms. The number of nitrogens with zero attached hydrogens (tertiary/aromatic N) is 2. The van der Waals surface area contributed by atoms with E-state index in [-0.39, 0.29) is 12.2 Å². The molecule has 0 aliphatic rings. The Bertz CT molecular complexity index is 791. The van der Waals surface area contributed by atoms with Crippen LogP contribution in [0.2, 0.25) is 0 Å². The van der Waals surface area contributed by atoms with Crippen molar-refractivity contribution in [2.75, 3.05) is 6.61 Å². The van der Waals surface area contributed by atoms with Crippen LogP contribution in [0, 0.1) is 6.92 Å². The molecule has 0 fully saturated rings. The predicted molar refractivity (Wildman–Crippen MR) is 84.3 cm³/mol. The van der Waals surface area contributed by atoms with E-state index >= 15 is 0 Å². The number of carbonyl (C=O) groups is 1. The number of H-pyrrole nitrogens is 1. The van der Waals surface area contributed by atoms with Gasteiger partial charge in [-0.15, -0.1) is 0 Å². The van der Waals surface area contributed by atoms with E-state index < -0.39 is 0 Å². The molecule has 3 aromatic rings. The van der Waals surface area contributed by atoms with Crippen LogP contribution < -0.4 is 4.74 Å². The molecule has 5 nitrogen and oxygen atoms in total. The summed E-state index contributed by atoms with van der Waals surface area (Å²) in [5.74, 6) is 1.05. The number of aromatic amines is 1. The van der Waals surface area contributed by atoms with Crippen molar-refractivity contribution in [1.29, 1.82) is 0 Å². The molecule has 3 rings (SSSR count). The molecule has 0 atom stereocenters. The number of benzene rings is 1. The molecule has 5 heteroatoms. The summed E-state index contributed by atoms with van der Waals surface area (Å²) in [7, 11) is 0. The molecule has 1 aromatic carbocycles. The molecule has 1 N–H and O–H groups in total. The quantitative estimate of drug-likeness (QED) is 0.734. The fourth-order valence-electron chi connectivity index (χ4n) is 2.37. The second-order valence-electron chi connectivity index (χ2n) is 5.02. The van der Waals surface area contributed by atoms with Crippen molar-refractivity contribution in [2.24, 2.45) is 0 Å². The Balaban J connectivity index is 1.86. The fraction of sp³-hybridized carbons (Fsp3) is 0.235. The van der Waals surface area contributed by atoms with E-state index in [0.717, 1.165) is 28.0 Å². The largest absolute Gasteiger partial charge is 0.493 e. The first-order chi connectivity index (χ1) is 10.7. The number of fused-ring (bicyclic) bond motifs is 1. The zero-order valence-electron chi connectivity index (χ0n) is 12.6. The Morgan fingerprint density at radius 3 is 2.86 bits per heavy atom. The predicted octanol–water partition coefficient (Wildman–Crippen LogP) is 3.09. The summed E-state index contributed by atoms with van der Waals surface area (Å²) in [4.78, 5) is 24.1. The molecule has 112 valence electrons. The molecule has 2 aromatic heterocycles. The monoisotopic (exact) mass is 295 g/mol. The molecule has 0 aliphatic heterocycles. The highest BCUT2D eigenvalue weighted by molar-refractivity contribution is 5.97. The minimum atomic E-state index is -0.0829. The first-order valence-corrected chi connectivity index (χ1v) is 7.24. The van der Waals surface area contributed by atoms with Gasteiger partial charge < -0.3 is 9.72 Å². The second kappa shape index (κ2) is 5.97. The highest BCUT2D eigenvalue weighted by Gasteiger charge is 2.15. The van der Waals surface area contributed by atoms with Crippen LogP contribution in [0.1, 0.15) is 28.8 Å². The number of pyridine rings is 1. The lowest BCUT2D eigenvalue weighted by Crippen LogP contribution is -2.09. The highest BCUT2D eigenvalue weighted by Crippen LogP contribution is 2.21. The van der Waals surface area contributed by atoms with Crippen LogP contribution in [0.25, 0.3) is 11.0 Å². The van der Waals surface area contributed by atoms with Gasteiger partial charge in [0.25, 0.3) is 0 Å². The van der Waals surface area contributed by atoms with Crippen LogP contribution in [0.5, 0.6) is 5.75 Å². The molecular weight excluding hydrogens is 278 g/mol. The summed E-state index contributed by atoms with van der Waals surface area (Å²) in [5.41, 5.74) is 3.27. The number of ether oxygens (including phenoxy) is 1. The third kappa shape index (κ3) is 2.70. The van der Waals surface area contributed by atoms with E-state index in [1.807, 2.05) is 44.2 Å². The average Bonchev–Trinajstić information content (AvgIpc) is 2.95. The molecular formula is C17H17N3O2. The van der Waals surface area contributed by atoms with Gasteiger partial charge in [-0.1, -0.05) is 12.1 Å². The number of rotatable bonds is 5. The van der Waals surface area contributed by atoms with Crippen LogP contribution in [-0.4, -0.2) is 27.3 Å². The molecule has 0 aliphatic carbocycles. The smallest absolute Gasteiger partial charge is 0.204 e. The summed E-state index contributed by atoms with van der Waals surface area (Å²) >= 11 is 0. The van der Waals surface area contributed by atoms with Crippen molar-refractivity contribution in [3.8, 4) is 5.75 Å². The standard InChI is InChI=1S/C17H17N3O2/c1-3-22-16-8-9-18-14(11(16)2)10-15(21)17-19-12-6-4-5-7-13(12)20-17/h4-9H,3,10H2,1-2H3,(H,19,20). The number of para-hydroxylation sites is 2. The Hall–Kier alpha value is -2.69. The van der Waals surface area contributed by atoms with Crippen molar-refractivity contribution >= 4 is 16.8 Å². The molecule has 0 unspecified atom stereocenters. The molecule has 2 heterocycles. The number of aromatic nitrogens is 3. The lowest BCUT2D eigenvalue weighted by atomic mass is 10.1. The van der Waals surface area contributed by atoms with Gasteiger partial charge in [0.2, 0.25) is 5.78 Å². The number of nitrogens with one attached hydrogen (secondary N) is 1. The van der Waals surface area contributed by atoms with Crippen molar-refractivity contribution in [2.45, 2.75) is 20.3 Å². The maximum atomic E-state index is 12.4. The number of Topliss-reactive ketones (excluding diaryl/α,β-unsaturated/α-hetero) is 1. The third-order valence-electron chi connectivity index (χ3n) is 3.54. The average molecular weight is 295 g/mol. The summed E-state index contributed by atoms with van der Waals surface area (Å²) in [5, 5.41) is 0. The first kappa shape index (κ1) is 14.3. The molecule has 22 heavy (non-hydrogen) atoms. The second-order valence-corrected chi connectivity index (χ2v) is 5.02. The van der Waals surface area contributed by atoms with E-state index in [0.29, 0.717) is 12.4 Å². The Morgan fingerprint density at radius 2 is 2.09 bits per heavy atom. The molecule has 0 bridgehead atoms. The summed E-state index contributed by atoms with van der Waals surface area (Å²) in [6.07, 6.45) is 1.87. The molecule has 0 saturated heterocycles. The summed E-state index contributed by atoms with van der Waals surface area (Å²) < 4.78 is 5.54. The van der Waals surface area contributed by atoms with Gasteiger partial charge in [0.1, 0.15) is 5.75 Å². The minimum Gasteiger partial charge on any atom is -0.493 e. The number of imidazole rings is 1. The first-order valence-electron chi connectivity index (χ1n) is 7.24. The lowest BCUT2D eigenvalue weighted by molar-refractivity contribution is 0.0983. The highest BCUT2D eigenvalue weighted by atomic mass is 16.5. The van der Waals surface area contributed by atoms with Crippen molar-refractivity contribution in [3.05, 3.63) is 53.6 Å².